The molecule has 5 aliphatic carbocycles. The highest BCUT2D eigenvalue weighted by molar-refractivity contribution is 5.68. The fourth-order valence-electron chi connectivity index (χ4n) is 18.3. The van der Waals surface area contributed by atoms with E-state index in [1.165, 1.54) is 13.8 Å². The van der Waals surface area contributed by atoms with Crippen molar-refractivity contribution in [1.82, 2.24) is 0 Å². The minimum absolute atomic E-state index is 0.0510. The lowest BCUT2D eigenvalue weighted by Gasteiger charge is -2.75. The predicted octanol–water partition coefficient (Wildman–Crippen LogP) is -1.99. The van der Waals surface area contributed by atoms with Crippen LogP contribution in [0.1, 0.15) is 114 Å². The first kappa shape index (κ1) is 62.2. The molecule has 2 bridgehead atoms. The molecular formula is C56H90O25. The van der Waals surface area contributed by atoms with E-state index in [0.29, 0.717) is 32.1 Å². The predicted molar refractivity (Wildman–Crippen MR) is 272 cm³/mol. The summed E-state index contributed by atoms with van der Waals surface area (Å²) in [5, 5.41) is 131. The smallest absolute Gasteiger partial charge is 0.303 e. The molecule has 0 aromatic carbocycles. The molecule has 10 fully saturated rings. The van der Waals surface area contributed by atoms with Crippen molar-refractivity contribution in [3.63, 3.8) is 0 Å². The molecule has 81 heavy (non-hydrogen) atoms. The number of aliphatic hydroxyl groups excluding tert-OH is 12. The lowest BCUT2D eigenvalue weighted by Crippen LogP contribution is -2.77. The quantitative estimate of drug-likeness (QED) is 0.0743. The monoisotopic (exact) mass is 1160 g/mol. The average molecular weight is 1160 g/mol. The van der Waals surface area contributed by atoms with Crippen molar-refractivity contribution in [2.75, 3.05) is 33.0 Å². The Morgan fingerprint density at radius 2 is 1.12 bits per heavy atom. The molecule has 5 heterocycles. The first-order chi connectivity index (χ1) is 37.9. The van der Waals surface area contributed by atoms with Crippen LogP contribution in [0.3, 0.4) is 0 Å². The van der Waals surface area contributed by atoms with Gasteiger partial charge in [-0.25, -0.2) is 0 Å². The number of aliphatic hydroxyl groups is 12. The summed E-state index contributed by atoms with van der Waals surface area (Å²) in [4.78, 5) is 25.5. The second-order valence-corrected chi connectivity index (χ2v) is 27.5. The summed E-state index contributed by atoms with van der Waals surface area (Å²) in [6.07, 6.45) is -28.4. The van der Waals surface area contributed by atoms with E-state index < -0.39 is 201 Å². The zero-order valence-electron chi connectivity index (χ0n) is 47.8. The van der Waals surface area contributed by atoms with Crippen LogP contribution in [0.25, 0.3) is 0 Å². The molecule has 25 nitrogen and oxygen atoms in total. The number of rotatable bonds is 12. The summed E-state index contributed by atoms with van der Waals surface area (Å²) in [6, 6.07) is 0. The van der Waals surface area contributed by atoms with Crippen LogP contribution < -0.4 is 0 Å². The van der Waals surface area contributed by atoms with Gasteiger partial charge in [-0.05, 0) is 79.4 Å². The molecule has 0 amide bonds. The van der Waals surface area contributed by atoms with Gasteiger partial charge in [-0.15, -0.1) is 0 Å². The fourth-order valence-corrected chi connectivity index (χ4v) is 18.3. The van der Waals surface area contributed by atoms with E-state index >= 15 is 0 Å². The van der Waals surface area contributed by atoms with Gasteiger partial charge >= 0.3 is 11.9 Å². The van der Waals surface area contributed by atoms with Crippen molar-refractivity contribution in [2.45, 2.75) is 254 Å². The molecule has 12 N–H and O–H groups in total. The maximum absolute atomic E-state index is 12.9. The number of carbonyl (C=O) groups is 2. The molecule has 0 aromatic rings. The third-order valence-electron chi connectivity index (χ3n) is 22.6. The van der Waals surface area contributed by atoms with Gasteiger partial charge in [-0.2, -0.15) is 0 Å². The summed E-state index contributed by atoms with van der Waals surface area (Å²) in [7, 11) is 0. The van der Waals surface area contributed by atoms with Gasteiger partial charge in [0.15, 0.2) is 25.2 Å². The Morgan fingerprint density at radius 1 is 0.543 bits per heavy atom. The van der Waals surface area contributed by atoms with E-state index in [9.17, 15) is 70.9 Å². The number of ether oxygens (including phenoxy) is 11. The van der Waals surface area contributed by atoms with Gasteiger partial charge in [0, 0.05) is 30.6 Å². The van der Waals surface area contributed by atoms with Gasteiger partial charge < -0.3 is 113 Å². The van der Waals surface area contributed by atoms with Gasteiger partial charge in [-0.1, -0.05) is 48.5 Å². The van der Waals surface area contributed by atoms with Crippen molar-refractivity contribution in [1.29, 1.82) is 0 Å². The number of esters is 2. The van der Waals surface area contributed by atoms with Crippen molar-refractivity contribution in [3.8, 4) is 0 Å². The molecule has 25 heteroatoms. The normalized spacial score (nSPS) is 54.7. The Bertz CT molecular complexity index is 2270. The lowest BCUT2D eigenvalue weighted by atomic mass is 9.30. The zero-order chi connectivity index (χ0) is 59.1. The summed E-state index contributed by atoms with van der Waals surface area (Å²) < 4.78 is 68.2. The van der Waals surface area contributed by atoms with Gasteiger partial charge in [-0.3, -0.25) is 9.59 Å². The van der Waals surface area contributed by atoms with Crippen molar-refractivity contribution >= 4 is 11.9 Å². The Morgan fingerprint density at radius 3 is 1.78 bits per heavy atom. The van der Waals surface area contributed by atoms with Crippen LogP contribution in [-0.2, 0) is 61.7 Å². The van der Waals surface area contributed by atoms with Crippen molar-refractivity contribution in [2.24, 2.45) is 50.2 Å². The highest BCUT2D eigenvalue weighted by Crippen LogP contribution is 2.81. The minimum atomic E-state index is -1.91. The van der Waals surface area contributed by atoms with E-state index in [-0.39, 0.29) is 35.2 Å². The first-order valence-corrected chi connectivity index (χ1v) is 29.1. The first-order valence-electron chi connectivity index (χ1n) is 29.1. The molecule has 10 aliphatic rings. The maximum Gasteiger partial charge on any atom is 0.303 e. The molecule has 5 saturated heterocycles. The van der Waals surface area contributed by atoms with E-state index in [1.54, 1.807) is 0 Å². The Kier molecular flexibility index (Phi) is 16.9. The van der Waals surface area contributed by atoms with Crippen LogP contribution in [0.5, 0.6) is 0 Å². The van der Waals surface area contributed by atoms with E-state index in [2.05, 4.69) is 34.6 Å². The molecule has 0 unspecified atom stereocenters. The highest BCUT2D eigenvalue weighted by atomic mass is 16.8. The minimum Gasteiger partial charge on any atom is -0.458 e. The van der Waals surface area contributed by atoms with E-state index in [0.717, 1.165) is 19.3 Å². The van der Waals surface area contributed by atoms with Crippen LogP contribution in [0, 0.1) is 50.2 Å². The molecule has 464 valence electrons. The molecule has 5 aliphatic heterocycles. The van der Waals surface area contributed by atoms with Crippen LogP contribution in [0.4, 0.5) is 0 Å². The molecular weight excluding hydrogens is 1070 g/mol. The second-order valence-electron chi connectivity index (χ2n) is 27.5. The van der Waals surface area contributed by atoms with Crippen LogP contribution >= 0.6 is 0 Å². The van der Waals surface area contributed by atoms with Gasteiger partial charge in [0.05, 0.1) is 56.3 Å². The summed E-state index contributed by atoms with van der Waals surface area (Å²) in [5.74, 6) is -1.05. The Labute approximate surface area is 471 Å². The SMILES string of the molecule is CC(=O)O[C@H]1[C@H](OC(C)=O)[C@]23CO[C@@]4(CC[C@@H]5[C@@]6(C)CC[C@H](O[C@@H]7OC[C@H](O[C@@H]8O[C@H](CO)[C@@H](O)[C@H](O)[C@H]8O[C@@H]8OC[C@@H](O)[C@H](O)[C@H]8O)[C@H](O)[C@H]7O[C@@H]7O[C@H](CO)[C@@H](O)[C@H](O)[C@H]7O)C(C)(C)[C@@H]6CC[C@@]5(C)[C@]4(C)C[C@H]2O)[C@@H]3CC1(C)C. The summed E-state index contributed by atoms with van der Waals surface area (Å²) >= 11 is 0. The Hall–Kier alpha value is -1.90. The molecule has 0 aromatic heterocycles. The molecule has 30 atom stereocenters. The number of fused-ring (bicyclic) bond motifs is 4. The van der Waals surface area contributed by atoms with Gasteiger partial charge in [0.25, 0.3) is 0 Å². The average Bonchev–Trinajstić information content (AvgIpc) is 2.82. The number of carbonyl (C=O) groups excluding carboxylic acids is 2. The van der Waals surface area contributed by atoms with Crippen molar-refractivity contribution < 1.29 is 123 Å². The largest absolute Gasteiger partial charge is 0.458 e. The summed E-state index contributed by atoms with van der Waals surface area (Å²) in [5.41, 5.74) is -4.10. The molecule has 1 spiro atoms. The number of hydrogen-bond acceptors (Lipinski definition) is 25. The third kappa shape index (κ3) is 9.60. The maximum atomic E-state index is 12.9. The summed E-state index contributed by atoms with van der Waals surface area (Å²) in [6.45, 7) is 15.7. The molecule has 10 rings (SSSR count). The topological polar surface area (TPSA) is 378 Å². The zero-order valence-corrected chi connectivity index (χ0v) is 47.8. The molecule has 5 saturated carbocycles. The van der Waals surface area contributed by atoms with Crippen LogP contribution in [-0.4, -0.2) is 247 Å². The van der Waals surface area contributed by atoms with E-state index in [1.807, 2.05) is 13.8 Å². The highest BCUT2D eigenvalue weighted by Gasteiger charge is 2.83. The fraction of sp³-hybridized carbons (Fsp3) is 0.964. The Balaban J connectivity index is 0.907. The standard InChI is InChI=1S/C56H90O25/c1-23(59)74-44-45(75-24(2)60)55-22-73-56(31(55)16-50(44,3)4)15-11-30-52(7)13-12-33(51(5,6)29(52)10-14-53(30,8)54(56,9)17-32(55)62)79-48-42(81-47-41(70)38(67)35(64)26(18-57)76-47)37(66)28(21-72-48)78-49-43(39(68)36(65)27(19-58)77-49)80-46-40(69)34(63)25(61)20-71-46/h25-49,57-58,61-70H,10-22H2,1-9H3/t25-,26-,27-,28+,29+,30-,31-,32-,33+,34+,35-,36-,37+,38+,39+,40-,41-,42-,43-,44+,45+,46+,47+,48+,49+,52+,53-,54+,55+,56+/m1/s1. The van der Waals surface area contributed by atoms with Crippen LogP contribution in [0.2, 0.25) is 0 Å². The van der Waals surface area contributed by atoms with Crippen LogP contribution in [0.15, 0.2) is 0 Å². The second kappa shape index (κ2) is 22.1. The van der Waals surface area contributed by atoms with E-state index in [4.69, 9.17) is 52.1 Å². The van der Waals surface area contributed by atoms with Crippen molar-refractivity contribution in [3.05, 3.63) is 0 Å². The lowest BCUT2D eigenvalue weighted by molar-refractivity contribution is -0.392. The van der Waals surface area contributed by atoms with Gasteiger partial charge in [0.2, 0.25) is 0 Å². The van der Waals surface area contributed by atoms with Gasteiger partial charge in [0.1, 0.15) is 97.7 Å². The molecule has 0 radical (unpaired) electrons. The third-order valence-corrected chi connectivity index (χ3v) is 22.6. The number of hydrogen-bond donors (Lipinski definition) is 12.